The minimum absolute atomic E-state index is 0.324. The number of rotatable bonds is 8. The summed E-state index contributed by atoms with van der Waals surface area (Å²) in [5.74, 6) is 3.40. The number of carbonyl (C=O) groups is 1. The van der Waals surface area contributed by atoms with Crippen LogP contribution in [0.2, 0.25) is 0 Å². The van der Waals surface area contributed by atoms with E-state index in [0.717, 1.165) is 55.6 Å². The van der Waals surface area contributed by atoms with Gasteiger partial charge >= 0.3 is 0 Å². The number of hydrogen-bond acceptors (Lipinski definition) is 8. The fourth-order valence-corrected chi connectivity index (χ4v) is 6.18. The van der Waals surface area contributed by atoms with Crippen LogP contribution in [-0.2, 0) is 0 Å². The van der Waals surface area contributed by atoms with E-state index in [1.165, 1.54) is 19.3 Å². The van der Waals surface area contributed by atoms with Gasteiger partial charge in [0.15, 0.2) is 0 Å². The number of benzene rings is 1. The Bertz CT molecular complexity index is 1080. The molecule has 6 rings (SSSR count). The molecular weight excluding hydrogens is 440 g/mol. The highest BCUT2D eigenvalue weighted by Crippen LogP contribution is 2.61. The predicted molar refractivity (Wildman–Crippen MR) is 139 cm³/mol. The summed E-state index contributed by atoms with van der Waals surface area (Å²) in [6, 6.07) is 5.66. The molecular formula is C26H38N8O. The summed E-state index contributed by atoms with van der Waals surface area (Å²) in [4.78, 5) is 25.7. The highest BCUT2D eigenvalue weighted by Gasteiger charge is 2.53. The Morgan fingerprint density at radius 2 is 1.83 bits per heavy atom. The molecule has 1 saturated heterocycles. The number of fused-ring (bicyclic) bond motifs is 2. The largest absolute Gasteiger partial charge is 0.366 e. The van der Waals surface area contributed by atoms with Crippen LogP contribution in [0.25, 0.3) is 0 Å². The molecule has 1 aromatic heterocycles. The van der Waals surface area contributed by atoms with Gasteiger partial charge in [0.25, 0.3) is 0 Å². The molecule has 188 valence electrons. The first-order chi connectivity index (χ1) is 16.8. The standard InChI is InChI=1S/C26H38N8O/c1-15-4-5-16(22(27)35)12-21(15)31-25-33-23(32-24(34-25)30-19-8-10-28-11-9-19)29-14-17-6-7-18-13-20(17)26(18,2)3/h4-5,12,17-20,28H,6-11,13-14H2,1-3H3,(H2,27,35)(H3,29,30,31,32,33,34)/t17-,18-,20+/m0/s1. The second kappa shape index (κ2) is 9.60. The zero-order chi connectivity index (χ0) is 24.6. The number of piperidine rings is 1. The number of nitrogens with one attached hydrogen (secondary N) is 4. The van der Waals surface area contributed by atoms with E-state index < -0.39 is 5.91 Å². The highest BCUT2D eigenvalue weighted by atomic mass is 16.1. The van der Waals surface area contributed by atoms with Crippen molar-refractivity contribution >= 4 is 29.4 Å². The molecule has 3 aliphatic carbocycles. The van der Waals surface area contributed by atoms with Crippen molar-refractivity contribution in [1.82, 2.24) is 20.3 Å². The number of amides is 1. The van der Waals surface area contributed by atoms with E-state index in [4.69, 9.17) is 10.7 Å². The molecule has 2 aromatic rings. The van der Waals surface area contributed by atoms with Crippen LogP contribution in [0.1, 0.15) is 61.9 Å². The van der Waals surface area contributed by atoms with E-state index in [9.17, 15) is 4.79 Å². The van der Waals surface area contributed by atoms with E-state index in [1.54, 1.807) is 12.1 Å². The zero-order valence-electron chi connectivity index (χ0n) is 21.0. The van der Waals surface area contributed by atoms with E-state index in [-0.39, 0.29) is 0 Å². The van der Waals surface area contributed by atoms with E-state index in [1.807, 2.05) is 13.0 Å². The molecule has 3 atom stereocenters. The molecule has 35 heavy (non-hydrogen) atoms. The zero-order valence-corrected chi connectivity index (χ0v) is 21.0. The van der Waals surface area contributed by atoms with Crippen molar-refractivity contribution in [2.45, 2.75) is 58.9 Å². The molecule has 9 nitrogen and oxygen atoms in total. The summed E-state index contributed by atoms with van der Waals surface area (Å²) in [5, 5.41) is 13.7. The number of aryl methyl sites for hydroxylation is 1. The van der Waals surface area contributed by atoms with Crippen LogP contribution in [0.3, 0.4) is 0 Å². The maximum atomic E-state index is 11.7. The Hall–Kier alpha value is -2.94. The van der Waals surface area contributed by atoms with Crippen LogP contribution >= 0.6 is 0 Å². The Kier molecular flexibility index (Phi) is 6.53. The van der Waals surface area contributed by atoms with Gasteiger partial charge in [-0.1, -0.05) is 19.9 Å². The van der Waals surface area contributed by atoms with Crippen molar-refractivity contribution in [3.63, 3.8) is 0 Å². The SMILES string of the molecule is Cc1ccc(C(N)=O)cc1Nc1nc(NC[C@@H]2CC[C@H]3C[C@H]2C3(C)C)nc(NC2CCNCC2)n1. The lowest BCUT2D eigenvalue weighted by atomic mass is 9.45. The number of nitrogens with two attached hydrogens (primary N) is 1. The summed E-state index contributed by atoms with van der Waals surface area (Å²) in [5.41, 5.74) is 8.10. The summed E-state index contributed by atoms with van der Waals surface area (Å²) in [6.07, 6.45) is 5.98. The molecule has 1 aromatic carbocycles. The van der Waals surface area contributed by atoms with Crippen molar-refractivity contribution in [3.05, 3.63) is 29.3 Å². The highest BCUT2D eigenvalue weighted by molar-refractivity contribution is 5.94. The molecule has 2 heterocycles. The van der Waals surface area contributed by atoms with Gasteiger partial charge < -0.3 is 27.0 Å². The molecule has 3 saturated carbocycles. The van der Waals surface area contributed by atoms with Gasteiger partial charge in [-0.2, -0.15) is 15.0 Å². The molecule has 0 unspecified atom stereocenters. The van der Waals surface area contributed by atoms with Gasteiger partial charge in [0.05, 0.1) is 0 Å². The average molecular weight is 479 g/mol. The smallest absolute Gasteiger partial charge is 0.248 e. The van der Waals surface area contributed by atoms with Crippen molar-refractivity contribution in [1.29, 1.82) is 0 Å². The molecule has 0 spiro atoms. The second-order valence-corrected chi connectivity index (χ2v) is 11.1. The monoisotopic (exact) mass is 478 g/mol. The fourth-order valence-electron chi connectivity index (χ4n) is 6.18. The molecule has 0 radical (unpaired) electrons. The third-order valence-corrected chi connectivity index (χ3v) is 8.60. The Morgan fingerprint density at radius 3 is 2.54 bits per heavy atom. The Balaban J connectivity index is 1.36. The summed E-state index contributed by atoms with van der Waals surface area (Å²) < 4.78 is 0. The van der Waals surface area contributed by atoms with Crippen LogP contribution in [0, 0.1) is 30.1 Å². The lowest BCUT2D eigenvalue weighted by Crippen LogP contribution is -2.53. The van der Waals surface area contributed by atoms with Crippen molar-refractivity contribution in [3.8, 4) is 0 Å². The number of carbonyl (C=O) groups excluding carboxylic acids is 1. The summed E-state index contributed by atoms with van der Waals surface area (Å²) in [7, 11) is 0. The van der Waals surface area contributed by atoms with Gasteiger partial charge in [-0.3, -0.25) is 4.79 Å². The maximum absolute atomic E-state index is 11.7. The number of anilines is 4. The molecule has 1 aliphatic heterocycles. The molecule has 1 amide bonds. The van der Waals surface area contributed by atoms with Crippen molar-refractivity contribution in [2.24, 2.45) is 28.9 Å². The molecule has 2 bridgehead atoms. The third kappa shape index (κ3) is 5.05. The van der Waals surface area contributed by atoms with Gasteiger partial charge in [0, 0.05) is 23.8 Å². The molecule has 9 heteroatoms. The molecule has 6 N–H and O–H groups in total. The predicted octanol–water partition coefficient (Wildman–Crippen LogP) is 3.67. The van der Waals surface area contributed by atoms with Gasteiger partial charge in [-0.15, -0.1) is 0 Å². The van der Waals surface area contributed by atoms with E-state index in [0.29, 0.717) is 40.8 Å². The lowest BCUT2D eigenvalue weighted by Gasteiger charge is -2.60. The molecule has 4 aliphatic rings. The number of primary amides is 1. The van der Waals surface area contributed by atoms with Gasteiger partial charge in [-0.05, 0) is 93.0 Å². The third-order valence-electron chi connectivity index (χ3n) is 8.60. The normalized spacial score (nSPS) is 25.4. The topological polar surface area (TPSA) is 130 Å². The van der Waals surface area contributed by atoms with Crippen LogP contribution in [0.15, 0.2) is 18.2 Å². The first-order valence-electron chi connectivity index (χ1n) is 12.9. The van der Waals surface area contributed by atoms with Crippen molar-refractivity contribution in [2.75, 3.05) is 35.6 Å². The average Bonchev–Trinajstić information content (AvgIpc) is 2.84. The Labute approximate surface area is 207 Å². The molecule has 4 fully saturated rings. The second-order valence-electron chi connectivity index (χ2n) is 11.1. The minimum Gasteiger partial charge on any atom is -0.366 e. The Morgan fingerprint density at radius 1 is 1.09 bits per heavy atom. The lowest BCUT2D eigenvalue weighted by molar-refractivity contribution is -0.100. The van der Waals surface area contributed by atoms with Crippen LogP contribution < -0.4 is 27.0 Å². The first-order valence-corrected chi connectivity index (χ1v) is 12.9. The van der Waals surface area contributed by atoms with Gasteiger partial charge in [0.1, 0.15) is 0 Å². The van der Waals surface area contributed by atoms with Crippen molar-refractivity contribution < 1.29 is 4.79 Å². The minimum atomic E-state index is -0.465. The first kappa shape index (κ1) is 23.8. The summed E-state index contributed by atoms with van der Waals surface area (Å²) in [6.45, 7) is 9.65. The summed E-state index contributed by atoms with van der Waals surface area (Å²) >= 11 is 0. The van der Waals surface area contributed by atoms with Gasteiger partial charge in [-0.25, -0.2) is 0 Å². The van der Waals surface area contributed by atoms with Gasteiger partial charge in [0.2, 0.25) is 23.8 Å². The fraction of sp³-hybridized carbons (Fsp3) is 0.615. The maximum Gasteiger partial charge on any atom is 0.248 e. The number of hydrogen-bond donors (Lipinski definition) is 5. The quantitative estimate of drug-likeness (QED) is 0.389. The van der Waals surface area contributed by atoms with Crippen LogP contribution in [-0.4, -0.2) is 46.5 Å². The van der Waals surface area contributed by atoms with E-state index >= 15 is 0 Å². The van der Waals surface area contributed by atoms with Crippen LogP contribution in [0.5, 0.6) is 0 Å². The number of nitrogens with zero attached hydrogens (tertiary/aromatic N) is 3. The number of aromatic nitrogens is 3. The van der Waals surface area contributed by atoms with Crippen LogP contribution in [0.4, 0.5) is 23.5 Å². The van der Waals surface area contributed by atoms with E-state index in [2.05, 4.69) is 45.1 Å².